The van der Waals surface area contributed by atoms with Crippen LogP contribution in [0.2, 0.25) is 0 Å². The van der Waals surface area contributed by atoms with Gasteiger partial charge in [0.15, 0.2) is 0 Å². The second-order valence-electron chi connectivity index (χ2n) is 5.58. The van der Waals surface area contributed by atoms with E-state index in [0.717, 1.165) is 25.1 Å². The fraction of sp³-hybridized carbons (Fsp3) is 0.562. The molecule has 0 heterocycles. The highest BCUT2D eigenvalue weighted by Gasteiger charge is 2.04. The third-order valence-corrected chi connectivity index (χ3v) is 3.12. The van der Waals surface area contributed by atoms with Crippen molar-refractivity contribution in [2.75, 3.05) is 27.2 Å². The van der Waals surface area contributed by atoms with E-state index in [1.165, 1.54) is 5.56 Å². The number of nitrogens with one attached hydrogen (secondary N) is 1. The number of hydrogen-bond donors (Lipinski definition) is 1. The van der Waals surface area contributed by atoms with E-state index >= 15 is 0 Å². The van der Waals surface area contributed by atoms with E-state index < -0.39 is 0 Å². The van der Waals surface area contributed by atoms with Crippen molar-refractivity contribution in [3.63, 3.8) is 0 Å². The normalized spacial score (nSPS) is 11.1. The van der Waals surface area contributed by atoms with Crippen molar-refractivity contribution in [1.29, 1.82) is 0 Å². The van der Waals surface area contributed by atoms with Crippen LogP contribution in [-0.4, -0.2) is 38.0 Å². The predicted molar refractivity (Wildman–Crippen MR) is 80.4 cm³/mol. The van der Waals surface area contributed by atoms with Gasteiger partial charge in [-0.25, -0.2) is 0 Å². The summed E-state index contributed by atoms with van der Waals surface area (Å²) in [4.78, 5) is 13.9. The second-order valence-corrected chi connectivity index (χ2v) is 5.58. The Balaban J connectivity index is 2.32. The standard InChI is InChI=1S/C16H26N2O/c1-13(2)15-8-6-14(7-9-15)12-16(19)17-10-5-11-18(3)4/h6-9,13H,5,10-12H2,1-4H3,(H,17,19). The smallest absolute Gasteiger partial charge is 0.224 e. The first-order valence-corrected chi connectivity index (χ1v) is 6.99. The average molecular weight is 262 g/mol. The lowest BCUT2D eigenvalue weighted by atomic mass is 10.0. The van der Waals surface area contributed by atoms with Crippen LogP contribution in [0.5, 0.6) is 0 Å². The lowest BCUT2D eigenvalue weighted by Gasteiger charge is -2.10. The summed E-state index contributed by atoms with van der Waals surface area (Å²) in [5.74, 6) is 0.643. The Morgan fingerprint density at radius 2 is 1.84 bits per heavy atom. The Morgan fingerprint density at radius 3 is 2.37 bits per heavy atom. The molecule has 0 fully saturated rings. The summed E-state index contributed by atoms with van der Waals surface area (Å²) in [7, 11) is 4.08. The lowest BCUT2D eigenvalue weighted by Crippen LogP contribution is -2.28. The first-order valence-electron chi connectivity index (χ1n) is 6.99. The Labute approximate surface area is 117 Å². The zero-order chi connectivity index (χ0) is 14.3. The van der Waals surface area contributed by atoms with Gasteiger partial charge in [0.05, 0.1) is 6.42 Å². The van der Waals surface area contributed by atoms with Crippen LogP contribution in [0.3, 0.4) is 0 Å². The molecule has 0 aliphatic rings. The summed E-state index contributed by atoms with van der Waals surface area (Å²) in [6.45, 7) is 6.10. The van der Waals surface area contributed by atoms with Crippen molar-refractivity contribution in [3.8, 4) is 0 Å². The SMILES string of the molecule is CC(C)c1ccc(CC(=O)NCCCN(C)C)cc1. The van der Waals surface area contributed by atoms with Gasteiger partial charge in [0, 0.05) is 6.54 Å². The molecule has 0 unspecified atom stereocenters. The number of carbonyl (C=O) groups excluding carboxylic acids is 1. The number of amides is 1. The molecule has 1 N–H and O–H groups in total. The Hall–Kier alpha value is -1.35. The van der Waals surface area contributed by atoms with Crippen LogP contribution in [0.15, 0.2) is 24.3 Å². The molecule has 0 aromatic heterocycles. The van der Waals surface area contributed by atoms with Crippen LogP contribution in [0, 0.1) is 0 Å². The molecule has 1 amide bonds. The molecule has 1 rings (SSSR count). The van der Waals surface area contributed by atoms with Crippen LogP contribution in [0.4, 0.5) is 0 Å². The molecule has 0 aliphatic heterocycles. The predicted octanol–water partition coefficient (Wildman–Crippen LogP) is 2.42. The van der Waals surface area contributed by atoms with Gasteiger partial charge in [-0.15, -0.1) is 0 Å². The highest BCUT2D eigenvalue weighted by molar-refractivity contribution is 5.78. The van der Waals surface area contributed by atoms with E-state index in [1.54, 1.807) is 0 Å². The number of rotatable bonds is 7. The highest BCUT2D eigenvalue weighted by atomic mass is 16.1. The maximum atomic E-state index is 11.8. The molecule has 3 nitrogen and oxygen atoms in total. The van der Waals surface area contributed by atoms with Crippen molar-refractivity contribution in [3.05, 3.63) is 35.4 Å². The van der Waals surface area contributed by atoms with Crippen LogP contribution in [0.25, 0.3) is 0 Å². The largest absolute Gasteiger partial charge is 0.356 e. The van der Waals surface area contributed by atoms with Gasteiger partial charge in [0.1, 0.15) is 0 Å². The van der Waals surface area contributed by atoms with Gasteiger partial charge in [-0.3, -0.25) is 4.79 Å². The van der Waals surface area contributed by atoms with E-state index in [1.807, 2.05) is 14.1 Å². The van der Waals surface area contributed by atoms with E-state index in [2.05, 4.69) is 48.3 Å². The van der Waals surface area contributed by atoms with Gasteiger partial charge in [-0.05, 0) is 44.1 Å². The summed E-state index contributed by atoms with van der Waals surface area (Å²) in [6.07, 6.45) is 1.46. The first-order chi connectivity index (χ1) is 8.99. The van der Waals surface area contributed by atoms with Crippen LogP contribution >= 0.6 is 0 Å². The molecular formula is C16H26N2O. The quantitative estimate of drug-likeness (QED) is 0.765. The molecule has 0 atom stereocenters. The van der Waals surface area contributed by atoms with E-state index in [9.17, 15) is 4.79 Å². The number of nitrogens with zero attached hydrogens (tertiary/aromatic N) is 1. The van der Waals surface area contributed by atoms with Gasteiger partial charge < -0.3 is 10.2 Å². The lowest BCUT2D eigenvalue weighted by molar-refractivity contribution is -0.120. The zero-order valence-corrected chi connectivity index (χ0v) is 12.6. The van der Waals surface area contributed by atoms with Crippen LogP contribution in [-0.2, 0) is 11.2 Å². The van der Waals surface area contributed by atoms with E-state index in [0.29, 0.717) is 12.3 Å². The average Bonchev–Trinajstić information content (AvgIpc) is 2.35. The van der Waals surface area contributed by atoms with Gasteiger partial charge in [-0.1, -0.05) is 38.1 Å². The third-order valence-electron chi connectivity index (χ3n) is 3.12. The molecular weight excluding hydrogens is 236 g/mol. The molecule has 0 radical (unpaired) electrons. The molecule has 3 heteroatoms. The maximum Gasteiger partial charge on any atom is 0.224 e. The minimum absolute atomic E-state index is 0.107. The Bertz CT molecular complexity index is 382. The second kappa shape index (κ2) is 7.95. The van der Waals surface area contributed by atoms with Crippen molar-refractivity contribution in [2.45, 2.75) is 32.6 Å². The number of benzene rings is 1. The Kier molecular flexibility index (Phi) is 6.57. The van der Waals surface area contributed by atoms with Crippen molar-refractivity contribution < 1.29 is 4.79 Å². The van der Waals surface area contributed by atoms with Gasteiger partial charge in [0.25, 0.3) is 0 Å². The van der Waals surface area contributed by atoms with Crippen molar-refractivity contribution in [2.24, 2.45) is 0 Å². The number of carbonyl (C=O) groups is 1. The molecule has 0 bridgehead atoms. The molecule has 0 spiro atoms. The summed E-state index contributed by atoms with van der Waals surface area (Å²) in [5.41, 5.74) is 2.39. The fourth-order valence-electron chi connectivity index (χ4n) is 1.89. The maximum absolute atomic E-state index is 11.8. The van der Waals surface area contributed by atoms with Crippen LogP contribution in [0.1, 0.15) is 37.3 Å². The van der Waals surface area contributed by atoms with Gasteiger partial charge in [-0.2, -0.15) is 0 Å². The van der Waals surface area contributed by atoms with Crippen molar-refractivity contribution >= 4 is 5.91 Å². The molecule has 1 aromatic rings. The molecule has 106 valence electrons. The summed E-state index contributed by atoms with van der Waals surface area (Å²) in [6, 6.07) is 8.32. The van der Waals surface area contributed by atoms with Crippen molar-refractivity contribution in [1.82, 2.24) is 10.2 Å². The summed E-state index contributed by atoms with van der Waals surface area (Å²) >= 11 is 0. The molecule has 19 heavy (non-hydrogen) atoms. The minimum atomic E-state index is 0.107. The monoisotopic (exact) mass is 262 g/mol. The molecule has 0 aliphatic carbocycles. The van der Waals surface area contributed by atoms with E-state index in [4.69, 9.17) is 0 Å². The van der Waals surface area contributed by atoms with Crippen LogP contribution < -0.4 is 5.32 Å². The fourth-order valence-corrected chi connectivity index (χ4v) is 1.89. The molecule has 1 aromatic carbocycles. The summed E-state index contributed by atoms with van der Waals surface area (Å²) in [5, 5.41) is 2.96. The van der Waals surface area contributed by atoms with E-state index in [-0.39, 0.29) is 5.91 Å². The molecule has 0 saturated heterocycles. The number of hydrogen-bond acceptors (Lipinski definition) is 2. The topological polar surface area (TPSA) is 32.3 Å². The first kappa shape index (κ1) is 15.7. The third kappa shape index (κ3) is 6.39. The molecule has 0 saturated carbocycles. The van der Waals surface area contributed by atoms with Gasteiger partial charge >= 0.3 is 0 Å². The Morgan fingerprint density at radius 1 is 1.21 bits per heavy atom. The van der Waals surface area contributed by atoms with Gasteiger partial charge in [0.2, 0.25) is 5.91 Å². The minimum Gasteiger partial charge on any atom is -0.356 e. The summed E-state index contributed by atoms with van der Waals surface area (Å²) < 4.78 is 0. The zero-order valence-electron chi connectivity index (χ0n) is 12.6. The highest BCUT2D eigenvalue weighted by Crippen LogP contribution is 2.14.